The van der Waals surface area contributed by atoms with Crippen LogP contribution in [-0.2, 0) is 17.8 Å². The minimum absolute atomic E-state index is 0.0526. The second-order valence-electron chi connectivity index (χ2n) is 7.39. The number of carbonyl (C=O) groups excluding carboxylic acids is 1. The van der Waals surface area contributed by atoms with Crippen LogP contribution in [0.2, 0.25) is 10.0 Å². The van der Waals surface area contributed by atoms with E-state index in [0.29, 0.717) is 23.2 Å². The SMILES string of the molecule is CCc1ccc(OCCNC(=O)C2CCN(Cc3c(Cl)cccc3Cl)CC2)cc1. The molecular formula is C23H28Cl2N2O2. The highest BCUT2D eigenvalue weighted by Crippen LogP contribution is 2.27. The zero-order valence-electron chi connectivity index (χ0n) is 16.8. The molecule has 0 unspecified atom stereocenters. The van der Waals surface area contributed by atoms with Gasteiger partial charge in [0, 0.05) is 28.1 Å². The van der Waals surface area contributed by atoms with E-state index >= 15 is 0 Å². The number of ether oxygens (including phenoxy) is 1. The van der Waals surface area contributed by atoms with E-state index in [0.717, 1.165) is 50.2 Å². The Bertz CT molecular complexity index is 783. The molecule has 1 aliphatic rings. The summed E-state index contributed by atoms with van der Waals surface area (Å²) in [4.78, 5) is 14.7. The molecule has 2 aromatic carbocycles. The summed E-state index contributed by atoms with van der Waals surface area (Å²) in [6.45, 7) is 5.56. The molecule has 29 heavy (non-hydrogen) atoms. The summed E-state index contributed by atoms with van der Waals surface area (Å²) in [6.07, 6.45) is 2.70. The van der Waals surface area contributed by atoms with Crippen LogP contribution >= 0.6 is 23.2 Å². The van der Waals surface area contributed by atoms with E-state index in [1.807, 2.05) is 30.3 Å². The van der Waals surface area contributed by atoms with Gasteiger partial charge >= 0.3 is 0 Å². The highest BCUT2D eigenvalue weighted by Gasteiger charge is 2.25. The van der Waals surface area contributed by atoms with Crippen LogP contribution in [0.3, 0.4) is 0 Å². The summed E-state index contributed by atoms with van der Waals surface area (Å²) in [7, 11) is 0. The fraction of sp³-hybridized carbons (Fsp3) is 0.435. The van der Waals surface area contributed by atoms with Crippen molar-refractivity contribution in [2.75, 3.05) is 26.2 Å². The van der Waals surface area contributed by atoms with Crippen molar-refractivity contribution in [3.05, 3.63) is 63.6 Å². The monoisotopic (exact) mass is 434 g/mol. The number of nitrogens with one attached hydrogen (secondary N) is 1. The largest absolute Gasteiger partial charge is 0.492 e. The first kappa shape index (κ1) is 21.9. The summed E-state index contributed by atoms with van der Waals surface area (Å²) in [5.74, 6) is 1.00. The Morgan fingerprint density at radius 3 is 2.38 bits per heavy atom. The van der Waals surface area contributed by atoms with Gasteiger partial charge in [0.05, 0.1) is 6.54 Å². The second-order valence-corrected chi connectivity index (χ2v) is 8.20. The number of amides is 1. The van der Waals surface area contributed by atoms with E-state index in [4.69, 9.17) is 27.9 Å². The highest BCUT2D eigenvalue weighted by molar-refractivity contribution is 6.35. The number of aryl methyl sites for hydroxylation is 1. The number of likely N-dealkylation sites (tertiary alicyclic amines) is 1. The third kappa shape index (κ3) is 6.36. The maximum absolute atomic E-state index is 12.4. The molecule has 1 N–H and O–H groups in total. The molecule has 2 aromatic rings. The fourth-order valence-electron chi connectivity index (χ4n) is 3.57. The maximum Gasteiger partial charge on any atom is 0.223 e. The molecule has 1 heterocycles. The molecule has 1 amide bonds. The van der Waals surface area contributed by atoms with E-state index in [9.17, 15) is 4.79 Å². The lowest BCUT2D eigenvalue weighted by Crippen LogP contribution is -2.41. The number of rotatable bonds is 8. The van der Waals surface area contributed by atoms with Gasteiger partial charge < -0.3 is 10.1 Å². The molecule has 156 valence electrons. The van der Waals surface area contributed by atoms with E-state index in [-0.39, 0.29) is 11.8 Å². The Morgan fingerprint density at radius 1 is 1.10 bits per heavy atom. The van der Waals surface area contributed by atoms with Crippen molar-refractivity contribution in [3.8, 4) is 5.75 Å². The summed E-state index contributed by atoms with van der Waals surface area (Å²) >= 11 is 12.5. The smallest absolute Gasteiger partial charge is 0.223 e. The van der Waals surface area contributed by atoms with Gasteiger partial charge in [-0.3, -0.25) is 9.69 Å². The third-order valence-electron chi connectivity index (χ3n) is 5.40. The van der Waals surface area contributed by atoms with Crippen molar-refractivity contribution in [1.29, 1.82) is 0 Å². The quantitative estimate of drug-likeness (QED) is 0.596. The molecule has 6 heteroatoms. The zero-order valence-corrected chi connectivity index (χ0v) is 18.3. The van der Waals surface area contributed by atoms with Gasteiger partial charge in [0.15, 0.2) is 0 Å². The molecular weight excluding hydrogens is 407 g/mol. The summed E-state index contributed by atoms with van der Waals surface area (Å²) in [6, 6.07) is 13.7. The molecule has 0 atom stereocenters. The van der Waals surface area contributed by atoms with Crippen LogP contribution in [0, 0.1) is 5.92 Å². The molecule has 3 rings (SSSR count). The maximum atomic E-state index is 12.4. The average molecular weight is 435 g/mol. The lowest BCUT2D eigenvalue weighted by Gasteiger charge is -2.31. The number of hydrogen-bond acceptors (Lipinski definition) is 3. The van der Waals surface area contributed by atoms with Crippen molar-refractivity contribution in [1.82, 2.24) is 10.2 Å². The first-order valence-electron chi connectivity index (χ1n) is 10.2. The molecule has 4 nitrogen and oxygen atoms in total. The van der Waals surface area contributed by atoms with Crippen molar-refractivity contribution >= 4 is 29.1 Å². The van der Waals surface area contributed by atoms with Gasteiger partial charge in [0.1, 0.15) is 12.4 Å². The van der Waals surface area contributed by atoms with Gasteiger partial charge in [-0.15, -0.1) is 0 Å². The summed E-state index contributed by atoms with van der Waals surface area (Å²) < 4.78 is 5.70. The lowest BCUT2D eigenvalue weighted by molar-refractivity contribution is -0.126. The molecule has 0 bridgehead atoms. The number of benzene rings is 2. The van der Waals surface area contributed by atoms with Gasteiger partial charge in [-0.25, -0.2) is 0 Å². The highest BCUT2D eigenvalue weighted by atomic mass is 35.5. The number of piperidine rings is 1. The third-order valence-corrected chi connectivity index (χ3v) is 6.11. The minimum atomic E-state index is 0.0526. The molecule has 0 aliphatic carbocycles. The summed E-state index contributed by atoms with van der Waals surface area (Å²) in [5.41, 5.74) is 2.25. The van der Waals surface area contributed by atoms with Crippen LogP contribution in [0.4, 0.5) is 0 Å². The topological polar surface area (TPSA) is 41.6 Å². The van der Waals surface area contributed by atoms with Crippen LogP contribution in [-0.4, -0.2) is 37.0 Å². The first-order chi connectivity index (χ1) is 14.1. The normalized spacial score (nSPS) is 15.3. The molecule has 1 saturated heterocycles. The Labute approximate surface area is 183 Å². The summed E-state index contributed by atoms with van der Waals surface area (Å²) in [5, 5.41) is 4.40. The molecule has 1 aliphatic heterocycles. The fourth-order valence-corrected chi connectivity index (χ4v) is 4.09. The Morgan fingerprint density at radius 2 is 1.76 bits per heavy atom. The van der Waals surface area contributed by atoms with Crippen LogP contribution in [0.5, 0.6) is 5.75 Å². The molecule has 1 fully saturated rings. The Hall–Kier alpha value is -1.75. The molecule has 0 aromatic heterocycles. The van der Waals surface area contributed by atoms with Crippen molar-refractivity contribution in [3.63, 3.8) is 0 Å². The van der Waals surface area contributed by atoms with Gasteiger partial charge in [0.25, 0.3) is 0 Å². The van der Waals surface area contributed by atoms with Crippen LogP contribution in [0.1, 0.15) is 30.9 Å². The Balaban J connectivity index is 1.36. The average Bonchev–Trinajstić information content (AvgIpc) is 2.74. The van der Waals surface area contributed by atoms with Crippen LogP contribution in [0.15, 0.2) is 42.5 Å². The number of carbonyl (C=O) groups is 1. The molecule has 0 saturated carbocycles. The van der Waals surface area contributed by atoms with E-state index in [1.165, 1.54) is 5.56 Å². The van der Waals surface area contributed by atoms with Crippen molar-refractivity contribution in [2.45, 2.75) is 32.7 Å². The van der Waals surface area contributed by atoms with Crippen LogP contribution in [0.25, 0.3) is 0 Å². The van der Waals surface area contributed by atoms with Gasteiger partial charge in [-0.2, -0.15) is 0 Å². The standard InChI is InChI=1S/C23H28Cl2N2O2/c1-2-17-6-8-19(9-7-17)29-15-12-26-23(28)18-10-13-27(14-11-18)16-20-21(24)4-3-5-22(20)25/h3-9,18H,2,10-16H2,1H3,(H,26,28). The second kappa shape index (κ2) is 10.9. The number of nitrogens with zero attached hydrogens (tertiary/aromatic N) is 1. The number of hydrogen-bond donors (Lipinski definition) is 1. The molecule has 0 spiro atoms. The van der Waals surface area contributed by atoms with Gasteiger partial charge in [0.2, 0.25) is 5.91 Å². The Kier molecular flexibility index (Phi) is 8.22. The van der Waals surface area contributed by atoms with Gasteiger partial charge in [-0.1, -0.05) is 48.3 Å². The van der Waals surface area contributed by atoms with E-state index in [1.54, 1.807) is 0 Å². The van der Waals surface area contributed by atoms with E-state index in [2.05, 4.69) is 29.3 Å². The first-order valence-corrected chi connectivity index (χ1v) is 11.0. The van der Waals surface area contributed by atoms with Gasteiger partial charge in [-0.05, 0) is 62.2 Å². The minimum Gasteiger partial charge on any atom is -0.492 e. The predicted octanol–water partition coefficient (Wildman–Crippen LogP) is 4.96. The van der Waals surface area contributed by atoms with Crippen LogP contribution < -0.4 is 10.1 Å². The van der Waals surface area contributed by atoms with Crippen molar-refractivity contribution < 1.29 is 9.53 Å². The predicted molar refractivity (Wildman–Crippen MR) is 119 cm³/mol. The van der Waals surface area contributed by atoms with Crippen molar-refractivity contribution in [2.24, 2.45) is 5.92 Å². The zero-order chi connectivity index (χ0) is 20.6. The van der Waals surface area contributed by atoms with E-state index < -0.39 is 0 Å². The molecule has 0 radical (unpaired) electrons. The number of halogens is 2. The lowest BCUT2D eigenvalue weighted by atomic mass is 9.95.